The fraction of sp³-hybridized carbons (Fsp3) is 0.538. The van der Waals surface area contributed by atoms with E-state index in [-0.39, 0.29) is 17.6 Å². The number of nitrogens with one attached hydrogen (secondary N) is 1. The Morgan fingerprint density at radius 1 is 1.39 bits per heavy atom. The first kappa shape index (κ1) is 14.9. The van der Waals surface area contributed by atoms with Crippen molar-refractivity contribution < 1.29 is 13.9 Å². The third-order valence-corrected chi connectivity index (χ3v) is 2.68. The van der Waals surface area contributed by atoms with E-state index >= 15 is 0 Å². The summed E-state index contributed by atoms with van der Waals surface area (Å²) >= 11 is 0. The van der Waals surface area contributed by atoms with E-state index in [0.29, 0.717) is 13.0 Å². The molecule has 0 saturated heterocycles. The first-order valence-electron chi connectivity index (χ1n) is 6.10. The summed E-state index contributed by atoms with van der Waals surface area (Å²) in [6.45, 7) is 3.38. The molecule has 0 aliphatic heterocycles. The molecule has 0 aliphatic carbocycles. The first-order valence-corrected chi connectivity index (χ1v) is 6.10. The molecule has 5 heteroatoms. The molecule has 1 atom stereocenters. The van der Waals surface area contributed by atoms with Crippen LogP contribution in [0.3, 0.4) is 0 Å². The van der Waals surface area contributed by atoms with Crippen LogP contribution in [0.5, 0.6) is 5.75 Å². The van der Waals surface area contributed by atoms with Gasteiger partial charge in [-0.25, -0.2) is 4.39 Å². The molecule has 1 unspecified atom stereocenters. The van der Waals surface area contributed by atoms with E-state index < -0.39 is 0 Å². The van der Waals surface area contributed by atoms with Crippen LogP contribution in [-0.4, -0.2) is 20.3 Å². The number of hydrogen-bond acceptors (Lipinski definition) is 4. The summed E-state index contributed by atoms with van der Waals surface area (Å²) in [6.07, 6.45) is 1.68. The Bertz CT molecular complexity index is 361. The topological polar surface area (TPSA) is 56.5 Å². The number of benzene rings is 1. The SMILES string of the molecule is CCCOCCC(NN)c1ccc(OC)c(F)c1. The third kappa shape index (κ3) is 4.25. The molecule has 0 aliphatic rings. The fourth-order valence-electron chi connectivity index (χ4n) is 1.69. The van der Waals surface area contributed by atoms with Crippen LogP contribution in [0.25, 0.3) is 0 Å². The fourth-order valence-corrected chi connectivity index (χ4v) is 1.69. The quantitative estimate of drug-likeness (QED) is 0.425. The van der Waals surface area contributed by atoms with Crippen LogP contribution in [0.15, 0.2) is 18.2 Å². The van der Waals surface area contributed by atoms with Gasteiger partial charge in [0.25, 0.3) is 0 Å². The highest BCUT2D eigenvalue weighted by molar-refractivity contribution is 5.30. The molecule has 0 radical (unpaired) electrons. The number of methoxy groups -OCH3 is 1. The molecule has 1 aromatic rings. The van der Waals surface area contributed by atoms with Crippen LogP contribution in [0.2, 0.25) is 0 Å². The molecular formula is C13H21FN2O2. The minimum Gasteiger partial charge on any atom is -0.494 e. The summed E-state index contributed by atoms with van der Waals surface area (Å²) in [4.78, 5) is 0. The van der Waals surface area contributed by atoms with Crippen LogP contribution in [-0.2, 0) is 4.74 Å². The molecule has 0 heterocycles. The molecule has 102 valence electrons. The normalized spacial score (nSPS) is 12.4. The average Bonchev–Trinajstić information content (AvgIpc) is 2.39. The van der Waals surface area contributed by atoms with E-state index in [0.717, 1.165) is 18.6 Å². The minimum absolute atomic E-state index is 0.123. The lowest BCUT2D eigenvalue weighted by atomic mass is 10.0. The summed E-state index contributed by atoms with van der Waals surface area (Å²) < 4.78 is 23.8. The molecule has 4 nitrogen and oxygen atoms in total. The molecular weight excluding hydrogens is 235 g/mol. The Morgan fingerprint density at radius 3 is 2.72 bits per heavy atom. The smallest absolute Gasteiger partial charge is 0.165 e. The monoisotopic (exact) mass is 256 g/mol. The average molecular weight is 256 g/mol. The highest BCUT2D eigenvalue weighted by atomic mass is 19.1. The maximum Gasteiger partial charge on any atom is 0.165 e. The summed E-state index contributed by atoms with van der Waals surface area (Å²) in [5.74, 6) is 5.33. The maximum absolute atomic E-state index is 13.6. The predicted octanol–water partition coefficient (Wildman–Crippen LogP) is 2.16. The van der Waals surface area contributed by atoms with Gasteiger partial charge in [-0.15, -0.1) is 0 Å². The zero-order chi connectivity index (χ0) is 13.4. The Labute approximate surface area is 107 Å². The van der Waals surface area contributed by atoms with Crippen LogP contribution >= 0.6 is 0 Å². The number of hydrogen-bond donors (Lipinski definition) is 2. The highest BCUT2D eigenvalue weighted by Crippen LogP contribution is 2.23. The molecule has 0 saturated carbocycles. The van der Waals surface area contributed by atoms with Crippen LogP contribution in [0.1, 0.15) is 31.4 Å². The molecule has 18 heavy (non-hydrogen) atoms. The Kier molecular flexibility index (Phi) is 6.64. The number of hydrazine groups is 1. The van der Waals surface area contributed by atoms with E-state index in [1.54, 1.807) is 12.1 Å². The Hall–Kier alpha value is -1.17. The van der Waals surface area contributed by atoms with Crippen molar-refractivity contribution in [1.82, 2.24) is 5.43 Å². The zero-order valence-corrected chi connectivity index (χ0v) is 10.9. The first-order chi connectivity index (χ1) is 8.72. The summed E-state index contributed by atoms with van der Waals surface area (Å²) in [7, 11) is 1.44. The summed E-state index contributed by atoms with van der Waals surface area (Å²) in [5.41, 5.74) is 3.46. The number of ether oxygens (including phenoxy) is 2. The van der Waals surface area contributed by atoms with Crippen LogP contribution < -0.4 is 16.0 Å². The maximum atomic E-state index is 13.6. The van der Waals surface area contributed by atoms with Crippen molar-refractivity contribution in [2.75, 3.05) is 20.3 Å². The van der Waals surface area contributed by atoms with Gasteiger partial charge >= 0.3 is 0 Å². The molecule has 0 bridgehead atoms. The molecule has 0 spiro atoms. The molecule has 1 aromatic carbocycles. The van der Waals surface area contributed by atoms with Crippen LogP contribution in [0.4, 0.5) is 4.39 Å². The van der Waals surface area contributed by atoms with Gasteiger partial charge in [0.15, 0.2) is 11.6 Å². The van der Waals surface area contributed by atoms with E-state index in [4.69, 9.17) is 15.3 Å². The van der Waals surface area contributed by atoms with Crippen molar-refractivity contribution >= 4 is 0 Å². The third-order valence-electron chi connectivity index (χ3n) is 2.68. The summed E-state index contributed by atoms with van der Waals surface area (Å²) in [6, 6.07) is 4.71. The standard InChI is InChI=1S/C13H21FN2O2/c1-3-7-18-8-6-12(16-15)10-4-5-13(17-2)11(14)9-10/h4-5,9,12,16H,3,6-8,15H2,1-2H3. The lowest BCUT2D eigenvalue weighted by molar-refractivity contribution is 0.124. The number of nitrogens with two attached hydrogens (primary N) is 1. The second-order valence-electron chi connectivity index (χ2n) is 4.01. The van der Waals surface area contributed by atoms with Crippen molar-refractivity contribution in [2.24, 2.45) is 5.84 Å². The molecule has 0 amide bonds. The van der Waals surface area contributed by atoms with E-state index in [2.05, 4.69) is 12.3 Å². The molecule has 1 rings (SSSR count). The Morgan fingerprint density at radius 2 is 2.17 bits per heavy atom. The number of rotatable bonds is 8. The van der Waals surface area contributed by atoms with Crippen LogP contribution in [0, 0.1) is 5.82 Å². The predicted molar refractivity (Wildman–Crippen MR) is 68.7 cm³/mol. The van der Waals surface area contributed by atoms with Gasteiger partial charge in [0.05, 0.1) is 7.11 Å². The second kappa shape index (κ2) is 8.02. The second-order valence-corrected chi connectivity index (χ2v) is 4.01. The number of halogens is 1. The van der Waals surface area contributed by atoms with Gasteiger partial charge in [-0.3, -0.25) is 11.3 Å². The van der Waals surface area contributed by atoms with Gasteiger partial charge in [-0.05, 0) is 30.5 Å². The van der Waals surface area contributed by atoms with E-state index in [1.807, 2.05) is 0 Å². The summed E-state index contributed by atoms with van der Waals surface area (Å²) in [5, 5.41) is 0. The highest BCUT2D eigenvalue weighted by Gasteiger charge is 2.12. The Balaban J connectivity index is 2.61. The van der Waals surface area contributed by atoms with Crippen molar-refractivity contribution in [3.8, 4) is 5.75 Å². The lowest BCUT2D eigenvalue weighted by Crippen LogP contribution is -2.29. The minimum atomic E-state index is -0.385. The van der Waals surface area contributed by atoms with E-state index in [1.165, 1.54) is 13.2 Å². The van der Waals surface area contributed by atoms with Gasteiger partial charge in [0.1, 0.15) is 0 Å². The molecule has 3 N–H and O–H groups in total. The largest absolute Gasteiger partial charge is 0.494 e. The van der Waals surface area contributed by atoms with Crippen molar-refractivity contribution in [2.45, 2.75) is 25.8 Å². The van der Waals surface area contributed by atoms with Crippen molar-refractivity contribution in [3.63, 3.8) is 0 Å². The molecule has 0 fully saturated rings. The van der Waals surface area contributed by atoms with Gasteiger partial charge in [-0.1, -0.05) is 13.0 Å². The van der Waals surface area contributed by atoms with Gasteiger partial charge < -0.3 is 9.47 Å². The van der Waals surface area contributed by atoms with Crippen molar-refractivity contribution in [1.29, 1.82) is 0 Å². The van der Waals surface area contributed by atoms with Gasteiger partial charge in [-0.2, -0.15) is 0 Å². The lowest BCUT2D eigenvalue weighted by Gasteiger charge is -2.17. The van der Waals surface area contributed by atoms with E-state index in [9.17, 15) is 4.39 Å². The van der Waals surface area contributed by atoms with Crippen molar-refractivity contribution in [3.05, 3.63) is 29.6 Å². The van der Waals surface area contributed by atoms with Gasteiger partial charge in [0, 0.05) is 19.3 Å². The zero-order valence-electron chi connectivity index (χ0n) is 10.9. The molecule has 0 aromatic heterocycles. The van der Waals surface area contributed by atoms with Gasteiger partial charge in [0.2, 0.25) is 0 Å².